The van der Waals surface area contributed by atoms with Crippen LogP contribution >= 0.6 is 0 Å². The van der Waals surface area contributed by atoms with Crippen LogP contribution in [0.2, 0.25) is 0 Å². The summed E-state index contributed by atoms with van der Waals surface area (Å²) in [6.45, 7) is 0. The van der Waals surface area contributed by atoms with E-state index in [9.17, 15) is 9.18 Å². The molecule has 0 saturated carbocycles. The van der Waals surface area contributed by atoms with Crippen LogP contribution in [0.25, 0.3) is 11.2 Å². The molecule has 3 atom stereocenters. The Hall–Kier alpha value is -2.00. The van der Waals surface area contributed by atoms with Crippen molar-refractivity contribution in [1.29, 1.82) is 0 Å². The van der Waals surface area contributed by atoms with E-state index in [0.29, 0.717) is 12.8 Å². The minimum atomic E-state index is -2.03. The number of anilines is 1. The Labute approximate surface area is 106 Å². The summed E-state index contributed by atoms with van der Waals surface area (Å²) < 4.78 is 19.7. The van der Waals surface area contributed by atoms with Crippen molar-refractivity contribution in [2.45, 2.75) is 31.5 Å². The number of alkyl halides is 1. The highest BCUT2D eigenvalue weighted by Crippen LogP contribution is 2.31. The lowest BCUT2D eigenvalue weighted by molar-refractivity contribution is -0.108. The fourth-order valence-corrected chi connectivity index (χ4v) is 2.21. The van der Waals surface area contributed by atoms with Gasteiger partial charge in [0.2, 0.25) is 12.3 Å². The summed E-state index contributed by atoms with van der Waals surface area (Å²) in [5.41, 5.74) is 5.45. The second kappa shape index (κ2) is 4.28. The topological polar surface area (TPSA) is 119 Å². The molecule has 9 heteroatoms. The summed E-state index contributed by atoms with van der Waals surface area (Å²) in [4.78, 5) is 21.9. The molecule has 4 N–H and O–H groups in total. The molecule has 0 aliphatic carbocycles. The molecule has 3 heterocycles. The first kappa shape index (κ1) is 12.1. The average Bonchev–Trinajstić information content (AvgIpc) is 2.93. The maximum absolute atomic E-state index is 12.8. The lowest BCUT2D eigenvalue weighted by atomic mass is 10.2. The number of imidazole rings is 1. The molecule has 0 amide bonds. The van der Waals surface area contributed by atoms with Gasteiger partial charge in [0.25, 0.3) is 5.56 Å². The Morgan fingerprint density at radius 3 is 3.11 bits per heavy atom. The van der Waals surface area contributed by atoms with Crippen LogP contribution in [0.3, 0.4) is 0 Å². The second-order valence-electron chi connectivity index (χ2n) is 4.35. The highest BCUT2D eigenvalue weighted by Gasteiger charge is 2.32. The van der Waals surface area contributed by atoms with E-state index in [2.05, 4.69) is 15.0 Å². The third kappa shape index (κ3) is 1.96. The number of halogens is 1. The van der Waals surface area contributed by atoms with Crippen LogP contribution in [0.5, 0.6) is 0 Å². The van der Waals surface area contributed by atoms with Crippen LogP contribution in [-0.4, -0.2) is 37.1 Å². The number of aromatic nitrogens is 4. The van der Waals surface area contributed by atoms with Crippen LogP contribution < -0.4 is 11.3 Å². The van der Waals surface area contributed by atoms with Crippen LogP contribution in [0.15, 0.2) is 11.1 Å². The fraction of sp³-hybridized carbons (Fsp3) is 0.500. The first-order valence-electron chi connectivity index (χ1n) is 5.76. The van der Waals surface area contributed by atoms with Gasteiger partial charge in [-0.05, 0) is 12.8 Å². The number of H-pyrrole nitrogens is 1. The average molecular weight is 269 g/mol. The number of ether oxygens (including phenoxy) is 1. The third-order valence-electron chi connectivity index (χ3n) is 3.10. The summed E-state index contributed by atoms with van der Waals surface area (Å²) in [6.07, 6.45) is -1.16. The molecule has 0 radical (unpaired) electrons. The molecule has 102 valence electrons. The zero-order valence-corrected chi connectivity index (χ0v) is 9.78. The summed E-state index contributed by atoms with van der Waals surface area (Å²) in [6, 6.07) is 0. The van der Waals surface area contributed by atoms with E-state index in [1.807, 2.05) is 0 Å². The fourth-order valence-electron chi connectivity index (χ4n) is 2.21. The van der Waals surface area contributed by atoms with Crippen LogP contribution in [0.4, 0.5) is 10.3 Å². The number of aliphatic hydroxyl groups excluding tert-OH is 1. The number of nitrogen functional groups attached to an aromatic ring is 1. The number of aromatic amines is 1. The molecule has 0 bridgehead atoms. The number of nitrogens with zero attached hydrogens (tertiary/aromatic N) is 3. The van der Waals surface area contributed by atoms with Gasteiger partial charge in [-0.1, -0.05) is 0 Å². The summed E-state index contributed by atoms with van der Waals surface area (Å²) >= 11 is 0. The molecule has 1 aliphatic rings. The van der Waals surface area contributed by atoms with Crippen molar-refractivity contribution >= 4 is 17.1 Å². The zero-order valence-electron chi connectivity index (χ0n) is 9.78. The van der Waals surface area contributed by atoms with E-state index in [1.54, 1.807) is 0 Å². The number of nitrogens with one attached hydrogen (secondary N) is 1. The molecule has 1 saturated heterocycles. The zero-order chi connectivity index (χ0) is 13.6. The Morgan fingerprint density at radius 1 is 1.63 bits per heavy atom. The molecule has 19 heavy (non-hydrogen) atoms. The van der Waals surface area contributed by atoms with Crippen LogP contribution in [0.1, 0.15) is 19.1 Å². The largest absolute Gasteiger partial charge is 0.369 e. The predicted octanol–water partition coefficient (Wildman–Crippen LogP) is -0.333. The Bertz CT molecular complexity index is 667. The van der Waals surface area contributed by atoms with Crippen molar-refractivity contribution < 1.29 is 14.2 Å². The molecule has 0 aromatic carbocycles. The molecule has 0 spiro atoms. The SMILES string of the molecule is Nc1nc2c(ncn2[C@H]2CC[C@@H](C(O)F)O2)c(=O)[nH]1. The van der Waals surface area contributed by atoms with Crippen molar-refractivity contribution in [2.75, 3.05) is 5.73 Å². The van der Waals surface area contributed by atoms with Crippen molar-refractivity contribution in [3.63, 3.8) is 0 Å². The number of rotatable bonds is 2. The van der Waals surface area contributed by atoms with Gasteiger partial charge >= 0.3 is 0 Å². The summed E-state index contributed by atoms with van der Waals surface area (Å²) in [5, 5.41) is 8.86. The van der Waals surface area contributed by atoms with E-state index < -0.39 is 24.2 Å². The number of nitrogens with two attached hydrogens (primary N) is 1. The Kier molecular flexibility index (Phi) is 2.72. The van der Waals surface area contributed by atoms with Crippen molar-refractivity contribution in [3.8, 4) is 0 Å². The predicted molar refractivity (Wildman–Crippen MR) is 62.8 cm³/mol. The monoisotopic (exact) mass is 269 g/mol. The maximum Gasteiger partial charge on any atom is 0.280 e. The van der Waals surface area contributed by atoms with Crippen LogP contribution in [0, 0.1) is 0 Å². The molecule has 3 rings (SSSR count). The number of aliphatic hydroxyl groups is 1. The number of hydrogen-bond acceptors (Lipinski definition) is 6. The third-order valence-corrected chi connectivity index (χ3v) is 3.10. The summed E-state index contributed by atoms with van der Waals surface area (Å²) in [7, 11) is 0. The molecule has 2 aromatic rings. The quantitative estimate of drug-likeness (QED) is 0.686. The van der Waals surface area contributed by atoms with Gasteiger partial charge in [-0.15, -0.1) is 0 Å². The first-order valence-corrected chi connectivity index (χ1v) is 5.76. The van der Waals surface area contributed by atoms with E-state index in [0.717, 1.165) is 0 Å². The minimum absolute atomic E-state index is 0.0284. The van der Waals surface area contributed by atoms with Gasteiger partial charge in [-0.2, -0.15) is 4.98 Å². The molecule has 2 aromatic heterocycles. The number of hydrogen-bond donors (Lipinski definition) is 3. The van der Waals surface area contributed by atoms with E-state index >= 15 is 0 Å². The number of fused-ring (bicyclic) bond motifs is 1. The molecule has 1 fully saturated rings. The van der Waals surface area contributed by atoms with E-state index in [4.69, 9.17) is 15.6 Å². The van der Waals surface area contributed by atoms with Gasteiger partial charge in [0.15, 0.2) is 11.2 Å². The van der Waals surface area contributed by atoms with Gasteiger partial charge in [-0.3, -0.25) is 14.3 Å². The van der Waals surface area contributed by atoms with Gasteiger partial charge in [0.1, 0.15) is 12.3 Å². The maximum atomic E-state index is 12.8. The Morgan fingerprint density at radius 2 is 2.42 bits per heavy atom. The summed E-state index contributed by atoms with van der Waals surface area (Å²) in [5.74, 6) is -0.0284. The lowest BCUT2D eigenvalue weighted by Gasteiger charge is -2.15. The van der Waals surface area contributed by atoms with Gasteiger partial charge in [0, 0.05) is 0 Å². The van der Waals surface area contributed by atoms with Crippen molar-refractivity contribution in [3.05, 3.63) is 16.7 Å². The molecule has 8 nitrogen and oxygen atoms in total. The standard InChI is InChI=1S/C10H12FN5O3/c11-7(17)4-1-2-5(19-4)16-3-13-6-8(16)14-10(12)15-9(6)18/h3-5,7,17H,1-2H2,(H3,12,14,15,18)/t4-,5+,7?/m0/s1. The van der Waals surface area contributed by atoms with Gasteiger partial charge in [0.05, 0.1) is 6.33 Å². The normalized spacial score (nSPS) is 24.9. The Balaban J connectivity index is 2.00. The molecule has 1 unspecified atom stereocenters. The highest BCUT2D eigenvalue weighted by atomic mass is 19.1. The van der Waals surface area contributed by atoms with E-state index in [-0.39, 0.29) is 17.1 Å². The van der Waals surface area contributed by atoms with E-state index in [1.165, 1.54) is 10.9 Å². The highest BCUT2D eigenvalue weighted by molar-refractivity contribution is 5.70. The smallest absolute Gasteiger partial charge is 0.280 e. The first-order chi connectivity index (χ1) is 9.06. The lowest BCUT2D eigenvalue weighted by Crippen LogP contribution is -2.21. The molecule has 1 aliphatic heterocycles. The molecular weight excluding hydrogens is 257 g/mol. The van der Waals surface area contributed by atoms with Gasteiger partial charge in [-0.25, -0.2) is 9.37 Å². The molecular formula is C10H12FN5O3. The second-order valence-corrected chi connectivity index (χ2v) is 4.35. The van der Waals surface area contributed by atoms with Gasteiger partial charge < -0.3 is 15.6 Å². The minimum Gasteiger partial charge on any atom is -0.369 e. The van der Waals surface area contributed by atoms with Crippen LogP contribution in [-0.2, 0) is 4.74 Å². The van der Waals surface area contributed by atoms with Crippen molar-refractivity contribution in [1.82, 2.24) is 19.5 Å². The van der Waals surface area contributed by atoms with Crippen molar-refractivity contribution in [2.24, 2.45) is 0 Å².